The summed E-state index contributed by atoms with van der Waals surface area (Å²) in [5.41, 5.74) is 1.37. The van der Waals surface area contributed by atoms with Crippen LogP contribution in [-0.4, -0.2) is 20.1 Å². The first-order valence-corrected chi connectivity index (χ1v) is 7.68. The molecule has 0 saturated carbocycles. The molecule has 0 amide bonds. The van der Waals surface area contributed by atoms with Crippen molar-refractivity contribution in [2.24, 2.45) is 0 Å². The summed E-state index contributed by atoms with van der Waals surface area (Å²) in [6.45, 7) is 1.18. The Balaban J connectivity index is 1.92. The quantitative estimate of drug-likeness (QED) is 0.390. The summed E-state index contributed by atoms with van der Waals surface area (Å²) in [5, 5.41) is 12.6. The Kier molecular flexibility index (Phi) is 3.64. The third-order valence-corrected chi connectivity index (χ3v) is 5.71. The van der Waals surface area contributed by atoms with Gasteiger partial charge >= 0.3 is 95.1 Å². The van der Waals surface area contributed by atoms with E-state index < -0.39 is 0 Å². The van der Waals surface area contributed by atoms with Gasteiger partial charge in [0.05, 0.1) is 0 Å². The van der Waals surface area contributed by atoms with Crippen molar-refractivity contribution in [1.82, 2.24) is 5.32 Å². The van der Waals surface area contributed by atoms with E-state index in [2.05, 4.69) is 5.32 Å². The van der Waals surface area contributed by atoms with E-state index in [1.54, 1.807) is 12.1 Å². The van der Waals surface area contributed by atoms with Crippen LogP contribution in [0.2, 0.25) is 0 Å². The van der Waals surface area contributed by atoms with Crippen LogP contribution in [0.5, 0.6) is 5.75 Å². The van der Waals surface area contributed by atoms with Gasteiger partial charge in [0.25, 0.3) is 0 Å². The number of phenols is 1. The molecule has 0 spiro atoms. The molecule has 3 heteroatoms. The SMILES string of the molecule is Oc1ccc(CC2CCNC[I-]2)cc1. The Morgan fingerprint density at radius 3 is 2.79 bits per heavy atom. The van der Waals surface area contributed by atoms with Gasteiger partial charge in [-0.1, -0.05) is 0 Å². The fourth-order valence-electron chi connectivity index (χ4n) is 1.61. The molecule has 1 fully saturated rings. The van der Waals surface area contributed by atoms with E-state index in [4.69, 9.17) is 5.11 Å². The molecule has 2 nitrogen and oxygen atoms in total. The minimum absolute atomic E-state index is 0.341. The molecule has 1 atom stereocenters. The van der Waals surface area contributed by atoms with Gasteiger partial charge in [0.2, 0.25) is 0 Å². The van der Waals surface area contributed by atoms with Gasteiger partial charge in [0.1, 0.15) is 0 Å². The Morgan fingerprint density at radius 1 is 1.36 bits per heavy atom. The van der Waals surface area contributed by atoms with Gasteiger partial charge < -0.3 is 0 Å². The van der Waals surface area contributed by atoms with Gasteiger partial charge in [-0.3, -0.25) is 0 Å². The molecule has 0 aliphatic carbocycles. The summed E-state index contributed by atoms with van der Waals surface area (Å²) in [6, 6.07) is 7.66. The first kappa shape index (κ1) is 10.2. The van der Waals surface area contributed by atoms with E-state index in [1.165, 1.54) is 29.5 Å². The number of nitrogens with one attached hydrogen (secondary N) is 1. The molecule has 1 aliphatic heterocycles. The number of aromatic hydroxyl groups is 1. The second kappa shape index (κ2) is 4.98. The van der Waals surface area contributed by atoms with E-state index in [9.17, 15) is 0 Å². The van der Waals surface area contributed by atoms with E-state index in [-0.39, 0.29) is 0 Å². The van der Waals surface area contributed by atoms with Crippen LogP contribution >= 0.6 is 0 Å². The summed E-state index contributed by atoms with van der Waals surface area (Å²) in [5.74, 6) is 0.369. The van der Waals surface area contributed by atoms with Crippen molar-refractivity contribution in [2.75, 3.05) is 11.1 Å². The number of alkyl halides is 2. The van der Waals surface area contributed by atoms with E-state index >= 15 is 0 Å². The Morgan fingerprint density at radius 2 is 2.14 bits per heavy atom. The molecule has 1 aromatic rings. The van der Waals surface area contributed by atoms with E-state index in [0.717, 1.165) is 3.92 Å². The number of benzene rings is 1. The Bertz CT molecular complexity index is 280. The molecule has 1 aliphatic rings. The second-order valence-electron chi connectivity index (χ2n) is 3.54. The monoisotopic (exact) mass is 304 g/mol. The molecule has 2 N–H and O–H groups in total. The van der Waals surface area contributed by atoms with Gasteiger partial charge in [-0.15, -0.1) is 0 Å². The van der Waals surface area contributed by atoms with E-state index in [0.29, 0.717) is 27.0 Å². The fourth-order valence-corrected chi connectivity index (χ4v) is 4.50. The van der Waals surface area contributed by atoms with Crippen molar-refractivity contribution in [3.8, 4) is 5.75 Å². The zero-order chi connectivity index (χ0) is 9.80. The molecule has 2 rings (SSSR count). The standard InChI is InChI=1S/C11H15INO/c14-11-3-1-9(2-4-11)7-10-5-6-13-8-12-10/h1-4,10,13-14H,5-8H2/q-1. The Hall–Kier alpha value is -0.290. The summed E-state index contributed by atoms with van der Waals surface area (Å²) in [6.07, 6.45) is 2.53. The van der Waals surface area contributed by atoms with Crippen molar-refractivity contribution >= 4 is 0 Å². The molecule has 78 valence electrons. The molecule has 14 heavy (non-hydrogen) atoms. The number of rotatable bonds is 2. The van der Waals surface area contributed by atoms with E-state index in [1.807, 2.05) is 12.1 Å². The van der Waals surface area contributed by atoms with Crippen LogP contribution in [0, 0.1) is 0 Å². The molecule has 1 saturated heterocycles. The Labute approximate surface area is 95.0 Å². The maximum absolute atomic E-state index is 9.16. The minimum atomic E-state index is 0.341. The zero-order valence-electron chi connectivity index (χ0n) is 8.04. The van der Waals surface area contributed by atoms with Gasteiger partial charge in [-0.05, 0) is 0 Å². The average Bonchev–Trinajstić information content (AvgIpc) is 2.23. The summed E-state index contributed by atoms with van der Waals surface area (Å²) in [4.78, 5) is 0. The molecular weight excluding hydrogens is 289 g/mol. The van der Waals surface area contributed by atoms with Crippen molar-refractivity contribution in [1.29, 1.82) is 0 Å². The van der Waals surface area contributed by atoms with Gasteiger partial charge in [0, 0.05) is 0 Å². The number of phenolic OH excluding ortho intramolecular Hbond substituents is 1. The first-order chi connectivity index (χ1) is 6.84. The van der Waals surface area contributed by atoms with Gasteiger partial charge in [0.15, 0.2) is 0 Å². The number of hydrogen-bond donors (Lipinski definition) is 2. The predicted molar refractivity (Wildman–Crippen MR) is 53.1 cm³/mol. The summed E-state index contributed by atoms with van der Waals surface area (Å²) in [7, 11) is 0. The topological polar surface area (TPSA) is 32.3 Å². The third kappa shape index (κ3) is 2.85. The van der Waals surface area contributed by atoms with Crippen LogP contribution in [0.1, 0.15) is 12.0 Å². The van der Waals surface area contributed by atoms with Crippen molar-refractivity contribution in [3.63, 3.8) is 0 Å². The van der Waals surface area contributed by atoms with Crippen LogP contribution in [0.25, 0.3) is 0 Å². The molecule has 1 heterocycles. The molecule has 0 aromatic heterocycles. The van der Waals surface area contributed by atoms with Crippen LogP contribution in [0.3, 0.4) is 0 Å². The van der Waals surface area contributed by atoms with Crippen LogP contribution in [-0.2, 0) is 6.42 Å². The number of hydrogen-bond acceptors (Lipinski definition) is 2. The first-order valence-electron chi connectivity index (χ1n) is 4.91. The summed E-state index contributed by atoms with van der Waals surface area (Å²) >= 11 is 0.341. The van der Waals surface area contributed by atoms with Crippen molar-refractivity contribution in [2.45, 2.75) is 16.8 Å². The predicted octanol–water partition coefficient (Wildman–Crippen LogP) is -1.66. The number of halogens is 1. The third-order valence-electron chi connectivity index (χ3n) is 2.42. The molecule has 1 unspecified atom stereocenters. The van der Waals surface area contributed by atoms with Crippen LogP contribution < -0.4 is 26.5 Å². The van der Waals surface area contributed by atoms with Crippen molar-refractivity contribution in [3.05, 3.63) is 29.8 Å². The van der Waals surface area contributed by atoms with Gasteiger partial charge in [-0.2, -0.15) is 0 Å². The second-order valence-corrected chi connectivity index (χ2v) is 6.95. The van der Waals surface area contributed by atoms with Gasteiger partial charge in [-0.25, -0.2) is 0 Å². The molecule has 0 bridgehead atoms. The zero-order valence-corrected chi connectivity index (χ0v) is 10.2. The molecule has 1 aromatic carbocycles. The fraction of sp³-hybridized carbons (Fsp3) is 0.455. The van der Waals surface area contributed by atoms with Crippen LogP contribution in [0.4, 0.5) is 0 Å². The maximum atomic E-state index is 9.16. The normalized spacial score (nSPS) is 22.7. The average molecular weight is 304 g/mol. The molecular formula is C11H15INO-. The molecule has 0 radical (unpaired) electrons. The van der Waals surface area contributed by atoms with Crippen LogP contribution in [0.15, 0.2) is 24.3 Å². The summed E-state index contributed by atoms with van der Waals surface area (Å²) < 4.78 is 2.20. The van der Waals surface area contributed by atoms with Crippen molar-refractivity contribution < 1.29 is 26.3 Å².